The van der Waals surface area contributed by atoms with Gasteiger partial charge < -0.3 is 4.98 Å². The second kappa shape index (κ2) is 10.3. The average molecular weight is 567 g/mol. The Morgan fingerprint density at radius 3 is 2.50 bits per heavy atom. The SMILES string of the molecule is CC(C)C(CC(=O)NS(=O)(=O)c1cc(Cl)c(Cl)s1)c1ccc(-c2ccc3cccc(F)c3c2)[nH]c1=O. The highest BCUT2D eigenvalue weighted by Gasteiger charge is 2.27. The molecule has 0 fully saturated rings. The number of nitrogens with one attached hydrogen (secondary N) is 2. The molecule has 1 amide bonds. The second-order valence-electron chi connectivity index (χ2n) is 8.60. The van der Waals surface area contributed by atoms with Crippen molar-refractivity contribution in [1.82, 2.24) is 9.71 Å². The van der Waals surface area contributed by atoms with Crippen LogP contribution < -0.4 is 10.3 Å². The van der Waals surface area contributed by atoms with Gasteiger partial charge in [-0.1, -0.05) is 67.4 Å². The zero-order valence-corrected chi connectivity index (χ0v) is 22.3. The van der Waals surface area contributed by atoms with Crippen LogP contribution in [-0.4, -0.2) is 19.3 Å². The molecule has 2 aromatic heterocycles. The van der Waals surface area contributed by atoms with Gasteiger partial charge in [0.05, 0.1) is 5.02 Å². The van der Waals surface area contributed by atoms with Crippen molar-refractivity contribution in [3.05, 3.63) is 85.7 Å². The summed E-state index contributed by atoms with van der Waals surface area (Å²) in [5.41, 5.74) is 1.06. The van der Waals surface area contributed by atoms with Crippen molar-refractivity contribution < 1.29 is 17.6 Å². The Hall–Kier alpha value is -2.72. The number of aromatic amines is 1. The number of H-pyrrole nitrogens is 1. The maximum Gasteiger partial charge on any atom is 0.273 e. The number of fused-ring (bicyclic) bond motifs is 1. The van der Waals surface area contributed by atoms with Crippen molar-refractivity contribution in [3.63, 3.8) is 0 Å². The molecule has 0 bridgehead atoms. The maximum absolute atomic E-state index is 14.2. The molecule has 0 radical (unpaired) electrons. The lowest BCUT2D eigenvalue weighted by Crippen LogP contribution is -2.33. The topological polar surface area (TPSA) is 96.1 Å². The van der Waals surface area contributed by atoms with Gasteiger partial charge in [0.1, 0.15) is 14.4 Å². The zero-order valence-electron chi connectivity index (χ0n) is 19.1. The number of thiophene rings is 1. The Kier molecular flexibility index (Phi) is 7.56. The van der Waals surface area contributed by atoms with Crippen LogP contribution in [0.3, 0.4) is 0 Å². The molecule has 0 saturated heterocycles. The van der Waals surface area contributed by atoms with Crippen LogP contribution in [0.4, 0.5) is 4.39 Å². The predicted octanol–water partition coefficient (Wildman–Crippen LogP) is 6.34. The highest BCUT2D eigenvalue weighted by atomic mass is 35.5. The summed E-state index contributed by atoms with van der Waals surface area (Å²) in [6, 6.07) is 14.5. The number of carbonyl (C=O) groups is 1. The molecule has 1 unspecified atom stereocenters. The smallest absolute Gasteiger partial charge is 0.273 e. The van der Waals surface area contributed by atoms with Gasteiger partial charge in [0.2, 0.25) is 5.91 Å². The molecule has 36 heavy (non-hydrogen) atoms. The summed E-state index contributed by atoms with van der Waals surface area (Å²) >= 11 is 12.4. The maximum atomic E-state index is 14.2. The van der Waals surface area contributed by atoms with Gasteiger partial charge in [0.15, 0.2) is 0 Å². The number of pyridine rings is 1. The van der Waals surface area contributed by atoms with E-state index in [9.17, 15) is 22.4 Å². The van der Waals surface area contributed by atoms with Crippen molar-refractivity contribution in [3.8, 4) is 11.3 Å². The highest BCUT2D eigenvalue weighted by molar-refractivity contribution is 7.92. The van der Waals surface area contributed by atoms with Crippen LogP contribution in [0.15, 0.2) is 63.6 Å². The van der Waals surface area contributed by atoms with Crippen molar-refractivity contribution in [2.75, 3.05) is 0 Å². The molecule has 0 aliphatic rings. The van der Waals surface area contributed by atoms with Gasteiger partial charge in [-0.25, -0.2) is 17.5 Å². The number of hydrogen-bond donors (Lipinski definition) is 2. The summed E-state index contributed by atoms with van der Waals surface area (Å²) in [4.78, 5) is 28.5. The van der Waals surface area contributed by atoms with Gasteiger partial charge in [0.25, 0.3) is 15.6 Å². The number of amides is 1. The van der Waals surface area contributed by atoms with E-state index in [1.807, 2.05) is 18.6 Å². The highest BCUT2D eigenvalue weighted by Crippen LogP contribution is 2.34. The molecule has 0 aliphatic carbocycles. The summed E-state index contributed by atoms with van der Waals surface area (Å²) in [5.74, 6) is -1.82. The fraction of sp³-hybridized carbons (Fsp3) is 0.200. The van der Waals surface area contributed by atoms with Crippen molar-refractivity contribution in [2.45, 2.75) is 30.4 Å². The number of halogens is 3. The number of carbonyl (C=O) groups excluding carboxylic acids is 1. The van der Waals surface area contributed by atoms with Crippen LogP contribution in [0.2, 0.25) is 9.36 Å². The minimum atomic E-state index is -4.16. The first-order chi connectivity index (χ1) is 17.0. The second-order valence-corrected chi connectivity index (χ2v) is 12.6. The van der Waals surface area contributed by atoms with Gasteiger partial charge in [-0.2, -0.15) is 0 Å². The van der Waals surface area contributed by atoms with E-state index in [0.29, 0.717) is 22.2 Å². The monoisotopic (exact) mass is 566 g/mol. The lowest BCUT2D eigenvalue weighted by Gasteiger charge is -2.20. The molecule has 0 spiro atoms. The molecule has 0 saturated carbocycles. The zero-order chi connectivity index (χ0) is 26.2. The molecule has 2 N–H and O–H groups in total. The van der Waals surface area contributed by atoms with E-state index < -0.39 is 27.4 Å². The number of sulfonamides is 1. The van der Waals surface area contributed by atoms with Gasteiger partial charge in [0, 0.05) is 29.0 Å². The minimum Gasteiger partial charge on any atom is -0.322 e. The summed E-state index contributed by atoms with van der Waals surface area (Å²) < 4.78 is 41.3. The molecule has 6 nitrogen and oxygen atoms in total. The summed E-state index contributed by atoms with van der Waals surface area (Å²) in [6.45, 7) is 3.68. The largest absolute Gasteiger partial charge is 0.322 e. The van der Waals surface area contributed by atoms with Crippen molar-refractivity contribution in [1.29, 1.82) is 0 Å². The lowest BCUT2D eigenvalue weighted by molar-refractivity contribution is -0.119. The fourth-order valence-electron chi connectivity index (χ4n) is 3.95. The third kappa shape index (κ3) is 5.49. The Balaban J connectivity index is 1.58. The molecule has 2 aromatic carbocycles. The van der Waals surface area contributed by atoms with Crippen molar-refractivity contribution >= 4 is 61.2 Å². The summed E-state index contributed by atoms with van der Waals surface area (Å²) in [6.07, 6.45) is -0.229. The third-order valence-electron chi connectivity index (χ3n) is 5.83. The van der Waals surface area contributed by atoms with Gasteiger partial charge >= 0.3 is 0 Å². The third-order valence-corrected chi connectivity index (χ3v) is 9.54. The molecular weight excluding hydrogens is 546 g/mol. The number of hydrogen-bond acceptors (Lipinski definition) is 5. The molecule has 4 aromatic rings. The first kappa shape index (κ1) is 26.3. The predicted molar refractivity (Wildman–Crippen MR) is 142 cm³/mol. The fourth-order valence-corrected chi connectivity index (χ4v) is 6.83. The van der Waals surface area contributed by atoms with Gasteiger partial charge in [-0.3, -0.25) is 9.59 Å². The molecule has 1 atom stereocenters. The van der Waals surface area contributed by atoms with Gasteiger partial charge in [-0.15, -0.1) is 11.3 Å². The molecule has 11 heteroatoms. The lowest BCUT2D eigenvalue weighted by atomic mass is 9.86. The Morgan fingerprint density at radius 2 is 1.86 bits per heavy atom. The molecule has 0 aliphatic heterocycles. The first-order valence-electron chi connectivity index (χ1n) is 10.9. The number of benzene rings is 2. The standard InChI is InChI=1S/C25H21Cl2FN2O4S2/c1-13(2)17(11-22(31)30-36(33,34)23-12-19(26)24(27)35-23)16-8-9-21(29-25(16)32)15-7-6-14-4-3-5-20(28)18(14)10-15/h3-10,12-13,17H,11H2,1-2H3,(H,29,32)(H,30,31). The normalized spacial score (nSPS) is 12.7. The van der Waals surface area contributed by atoms with E-state index in [1.54, 1.807) is 42.5 Å². The molecule has 4 rings (SSSR count). The van der Waals surface area contributed by atoms with Gasteiger partial charge in [-0.05, 0) is 41.1 Å². The van der Waals surface area contributed by atoms with Crippen LogP contribution in [0, 0.1) is 11.7 Å². The molecule has 2 heterocycles. The Bertz CT molecular complexity index is 1610. The van der Waals surface area contributed by atoms with E-state index in [-0.39, 0.29) is 31.7 Å². The van der Waals surface area contributed by atoms with E-state index in [0.717, 1.165) is 16.7 Å². The quantitative estimate of drug-likeness (QED) is 0.273. The molecular formula is C25H21Cl2FN2O4S2. The Morgan fingerprint density at radius 1 is 1.11 bits per heavy atom. The van der Waals surface area contributed by atoms with Crippen molar-refractivity contribution in [2.24, 2.45) is 5.92 Å². The van der Waals surface area contributed by atoms with E-state index in [2.05, 4.69) is 4.98 Å². The number of aromatic nitrogens is 1. The van der Waals surface area contributed by atoms with Crippen LogP contribution in [0.5, 0.6) is 0 Å². The molecule has 188 valence electrons. The minimum absolute atomic E-state index is 0.0790. The average Bonchev–Trinajstić information content (AvgIpc) is 3.16. The van der Waals surface area contributed by atoms with E-state index in [1.165, 1.54) is 12.1 Å². The van der Waals surface area contributed by atoms with Crippen LogP contribution in [-0.2, 0) is 14.8 Å². The summed E-state index contributed by atoms with van der Waals surface area (Å²) in [5, 5.41) is 1.26. The summed E-state index contributed by atoms with van der Waals surface area (Å²) in [7, 11) is -4.16. The van der Waals surface area contributed by atoms with E-state index in [4.69, 9.17) is 23.2 Å². The van der Waals surface area contributed by atoms with Crippen LogP contribution >= 0.6 is 34.5 Å². The van der Waals surface area contributed by atoms with E-state index >= 15 is 0 Å². The van der Waals surface area contributed by atoms with Crippen LogP contribution in [0.1, 0.15) is 31.7 Å². The number of rotatable bonds is 7. The first-order valence-corrected chi connectivity index (χ1v) is 13.9. The van der Waals surface area contributed by atoms with Crippen LogP contribution in [0.25, 0.3) is 22.0 Å². The Labute approximate surface area is 221 Å².